The number of halogens is 1. The minimum absolute atomic E-state index is 0.535. The van der Waals surface area contributed by atoms with Crippen molar-refractivity contribution in [3.05, 3.63) is 28.8 Å². The zero-order valence-corrected chi connectivity index (χ0v) is 10.1. The fourth-order valence-electron chi connectivity index (χ4n) is 2.29. The number of rotatable bonds is 3. The van der Waals surface area contributed by atoms with Crippen molar-refractivity contribution in [1.29, 1.82) is 0 Å². The summed E-state index contributed by atoms with van der Waals surface area (Å²) in [6.45, 7) is 1.06. The van der Waals surface area contributed by atoms with Gasteiger partial charge in [-0.05, 0) is 37.3 Å². The van der Waals surface area contributed by atoms with Crippen LogP contribution in [0.25, 0.3) is 0 Å². The number of para-hydroxylation sites is 1. The number of hydrogen-bond donors (Lipinski definition) is 2. The van der Waals surface area contributed by atoms with E-state index in [0.717, 1.165) is 29.7 Å². The van der Waals surface area contributed by atoms with Gasteiger partial charge in [-0.15, -0.1) is 0 Å². The fourth-order valence-corrected chi connectivity index (χ4v) is 2.54. The van der Waals surface area contributed by atoms with E-state index in [4.69, 9.17) is 11.6 Å². The molecule has 3 heteroatoms. The van der Waals surface area contributed by atoms with E-state index in [1.807, 2.05) is 12.1 Å². The van der Waals surface area contributed by atoms with Gasteiger partial charge in [0.25, 0.3) is 0 Å². The Morgan fingerprint density at radius 2 is 2.19 bits per heavy atom. The predicted molar refractivity (Wildman–Crippen MR) is 68.2 cm³/mol. The van der Waals surface area contributed by atoms with E-state index in [9.17, 15) is 0 Å². The van der Waals surface area contributed by atoms with Crippen LogP contribution in [-0.2, 0) is 6.42 Å². The van der Waals surface area contributed by atoms with Gasteiger partial charge < -0.3 is 10.6 Å². The SMILES string of the molecule is Clc1cccc2c1NC(CNC1CC1)CC2. The van der Waals surface area contributed by atoms with Gasteiger partial charge in [-0.1, -0.05) is 23.7 Å². The van der Waals surface area contributed by atoms with Gasteiger partial charge in [0.15, 0.2) is 0 Å². The lowest BCUT2D eigenvalue weighted by Gasteiger charge is -2.28. The summed E-state index contributed by atoms with van der Waals surface area (Å²) in [6.07, 6.45) is 5.04. The quantitative estimate of drug-likeness (QED) is 0.844. The number of nitrogens with one attached hydrogen (secondary N) is 2. The molecule has 2 aliphatic rings. The van der Waals surface area contributed by atoms with Crippen molar-refractivity contribution in [2.45, 2.75) is 37.8 Å². The van der Waals surface area contributed by atoms with Crippen molar-refractivity contribution in [1.82, 2.24) is 5.32 Å². The highest BCUT2D eigenvalue weighted by Gasteiger charge is 2.24. The van der Waals surface area contributed by atoms with E-state index in [-0.39, 0.29) is 0 Å². The highest BCUT2D eigenvalue weighted by Crippen LogP contribution is 2.31. The van der Waals surface area contributed by atoms with Crippen LogP contribution < -0.4 is 10.6 Å². The van der Waals surface area contributed by atoms with Crippen molar-refractivity contribution < 1.29 is 0 Å². The van der Waals surface area contributed by atoms with Crippen LogP contribution in [0.4, 0.5) is 5.69 Å². The molecule has 0 spiro atoms. The standard InChI is InChI=1S/C13H17ClN2/c14-12-3-1-2-9-4-5-11(16-13(9)12)8-15-10-6-7-10/h1-3,10-11,15-16H,4-8H2. The Labute approximate surface area is 101 Å². The third kappa shape index (κ3) is 2.18. The summed E-state index contributed by atoms with van der Waals surface area (Å²) >= 11 is 6.20. The van der Waals surface area contributed by atoms with Gasteiger partial charge in [0, 0.05) is 18.6 Å². The van der Waals surface area contributed by atoms with Crippen LogP contribution in [0.5, 0.6) is 0 Å². The Morgan fingerprint density at radius 1 is 1.31 bits per heavy atom. The Balaban J connectivity index is 1.67. The average Bonchev–Trinajstić information content (AvgIpc) is 3.11. The van der Waals surface area contributed by atoms with E-state index >= 15 is 0 Å². The topological polar surface area (TPSA) is 24.1 Å². The molecule has 2 nitrogen and oxygen atoms in total. The molecule has 2 N–H and O–H groups in total. The molecule has 3 rings (SSSR count). The molecule has 1 heterocycles. The first-order valence-electron chi connectivity index (χ1n) is 6.10. The van der Waals surface area contributed by atoms with Crippen LogP contribution in [0.1, 0.15) is 24.8 Å². The highest BCUT2D eigenvalue weighted by atomic mass is 35.5. The first kappa shape index (κ1) is 10.4. The molecule has 86 valence electrons. The van der Waals surface area contributed by atoms with Gasteiger partial charge in [0.05, 0.1) is 10.7 Å². The van der Waals surface area contributed by atoms with Crippen LogP contribution in [0.15, 0.2) is 18.2 Å². The van der Waals surface area contributed by atoms with Gasteiger partial charge in [-0.25, -0.2) is 0 Å². The van der Waals surface area contributed by atoms with Crippen LogP contribution in [-0.4, -0.2) is 18.6 Å². The van der Waals surface area contributed by atoms with Gasteiger partial charge in [0.1, 0.15) is 0 Å². The Bertz CT molecular complexity index is 388. The van der Waals surface area contributed by atoms with Gasteiger partial charge >= 0.3 is 0 Å². The van der Waals surface area contributed by atoms with Crippen molar-refractivity contribution in [2.75, 3.05) is 11.9 Å². The molecule has 0 bridgehead atoms. The number of aryl methyl sites for hydroxylation is 1. The predicted octanol–water partition coefficient (Wildman–Crippen LogP) is 2.82. The summed E-state index contributed by atoms with van der Waals surface area (Å²) in [4.78, 5) is 0. The van der Waals surface area contributed by atoms with Gasteiger partial charge in [-0.3, -0.25) is 0 Å². The molecule has 1 atom stereocenters. The van der Waals surface area contributed by atoms with Crippen LogP contribution in [0.3, 0.4) is 0 Å². The summed E-state index contributed by atoms with van der Waals surface area (Å²) in [5.41, 5.74) is 2.51. The smallest absolute Gasteiger partial charge is 0.0640 e. The second-order valence-corrected chi connectivity index (χ2v) is 5.24. The molecule has 0 radical (unpaired) electrons. The maximum Gasteiger partial charge on any atom is 0.0640 e. The van der Waals surface area contributed by atoms with E-state index in [1.165, 1.54) is 24.8 Å². The highest BCUT2D eigenvalue weighted by molar-refractivity contribution is 6.33. The second kappa shape index (κ2) is 4.27. The van der Waals surface area contributed by atoms with Crippen LogP contribution in [0.2, 0.25) is 5.02 Å². The van der Waals surface area contributed by atoms with E-state index in [1.54, 1.807) is 0 Å². The van der Waals surface area contributed by atoms with Crippen molar-refractivity contribution >= 4 is 17.3 Å². The third-order valence-electron chi connectivity index (χ3n) is 3.44. The lowest BCUT2D eigenvalue weighted by molar-refractivity contribution is 0.557. The first-order valence-corrected chi connectivity index (χ1v) is 6.48. The van der Waals surface area contributed by atoms with Crippen molar-refractivity contribution in [2.24, 2.45) is 0 Å². The van der Waals surface area contributed by atoms with Gasteiger partial charge in [0.2, 0.25) is 0 Å². The molecule has 1 unspecified atom stereocenters. The zero-order chi connectivity index (χ0) is 11.0. The van der Waals surface area contributed by atoms with Crippen LogP contribution in [0, 0.1) is 0 Å². The van der Waals surface area contributed by atoms with E-state index < -0.39 is 0 Å². The number of benzene rings is 1. The van der Waals surface area contributed by atoms with E-state index in [2.05, 4.69) is 16.7 Å². The Kier molecular flexibility index (Phi) is 2.78. The molecular formula is C13H17ClN2. The summed E-state index contributed by atoms with van der Waals surface area (Å²) < 4.78 is 0. The molecule has 1 fully saturated rings. The van der Waals surface area contributed by atoms with Crippen LogP contribution >= 0.6 is 11.6 Å². The lowest BCUT2D eigenvalue weighted by Crippen LogP contribution is -2.36. The molecule has 1 saturated carbocycles. The molecule has 0 amide bonds. The molecule has 1 aliphatic heterocycles. The van der Waals surface area contributed by atoms with Crippen molar-refractivity contribution in [3.8, 4) is 0 Å². The summed E-state index contributed by atoms with van der Waals surface area (Å²) in [7, 11) is 0. The van der Waals surface area contributed by atoms with E-state index in [0.29, 0.717) is 6.04 Å². The third-order valence-corrected chi connectivity index (χ3v) is 3.76. The summed E-state index contributed by atoms with van der Waals surface area (Å²) in [5.74, 6) is 0. The normalized spacial score (nSPS) is 23.7. The molecule has 16 heavy (non-hydrogen) atoms. The molecule has 0 saturated heterocycles. The maximum atomic E-state index is 6.20. The molecule has 1 aromatic rings. The maximum absolute atomic E-state index is 6.20. The molecular weight excluding hydrogens is 220 g/mol. The second-order valence-electron chi connectivity index (χ2n) is 4.84. The Morgan fingerprint density at radius 3 is 3.00 bits per heavy atom. The summed E-state index contributed by atoms with van der Waals surface area (Å²) in [6, 6.07) is 7.48. The monoisotopic (exact) mass is 236 g/mol. The lowest BCUT2D eigenvalue weighted by atomic mass is 9.98. The minimum Gasteiger partial charge on any atom is -0.380 e. The van der Waals surface area contributed by atoms with Gasteiger partial charge in [-0.2, -0.15) is 0 Å². The summed E-state index contributed by atoms with van der Waals surface area (Å²) in [5, 5.41) is 7.98. The number of hydrogen-bond acceptors (Lipinski definition) is 2. The number of fused-ring (bicyclic) bond motifs is 1. The number of anilines is 1. The minimum atomic E-state index is 0.535. The van der Waals surface area contributed by atoms with Crippen molar-refractivity contribution in [3.63, 3.8) is 0 Å². The Hall–Kier alpha value is -0.730. The first-order chi connectivity index (χ1) is 7.83. The molecule has 0 aromatic heterocycles. The largest absolute Gasteiger partial charge is 0.380 e. The zero-order valence-electron chi connectivity index (χ0n) is 9.30. The molecule has 1 aliphatic carbocycles. The molecule has 1 aromatic carbocycles. The average molecular weight is 237 g/mol. The fraction of sp³-hybridized carbons (Fsp3) is 0.538.